The highest BCUT2D eigenvalue weighted by molar-refractivity contribution is 5.91. The summed E-state index contributed by atoms with van der Waals surface area (Å²) >= 11 is 0. The van der Waals surface area contributed by atoms with Crippen LogP contribution in [0.5, 0.6) is 5.88 Å². The van der Waals surface area contributed by atoms with Crippen LogP contribution in [0.4, 0.5) is 5.82 Å². The third kappa shape index (κ3) is 4.63. The van der Waals surface area contributed by atoms with Crippen LogP contribution in [-0.2, 0) is 4.79 Å². The number of rotatable bonds is 6. The van der Waals surface area contributed by atoms with E-state index in [1.165, 1.54) is 12.8 Å². The van der Waals surface area contributed by atoms with Gasteiger partial charge in [0.25, 0.3) is 0 Å². The van der Waals surface area contributed by atoms with E-state index in [0.29, 0.717) is 18.5 Å². The van der Waals surface area contributed by atoms with Crippen LogP contribution in [0.3, 0.4) is 0 Å². The molecule has 1 N–H and O–H groups in total. The molecule has 1 amide bonds. The summed E-state index contributed by atoms with van der Waals surface area (Å²) in [5.41, 5.74) is 0. The van der Waals surface area contributed by atoms with Crippen LogP contribution < -0.4 is 10.1 Å². The number of nitrogens with one attached hydrogen (secondary N) is 1. The maximum Gasteiger partial charge on any atom is 0.239 e. The molecular formula is C19H26N6O2. The SMILES string of the molecule is O=C(CN1CCC(Oc2cnccn2)CC1)Nc1ccnn1C1CCCC1. The van der Waals surface area contributed by atoms with Gasteiger partial charge in [0.15, 0.2) is 0 Å². The van der Waals surface area contributed by atoms with E-state index in [2.05, 4.69) is 25.3 Å². The van der Waals surface area contributed by atoms with Gasteiger partial charge in [-0.25, -0.2) is 9.67 Å². The van der Waals surface area contributed by atoms with Gasteiger partial charge < -0.3 is 10.1 Å². The Balaban J connectivity index is 1.23. The lowest BCUT2D eigenvalue weighted by molar-refractivity contribution is -0.117. The molecule has 0 radical (unpaired) electrons. The first-order chi connectivity index (χ1) is 13.3. The van der Waals surface area contributed by atoms with Gasteiger partial charge in [-0.1, -0.05) is 12.8 Å². The molecule has 144 valence electrons. The minimum atomic E-state index is 0.0167. The standard InChI is InChI=1S/C19H26N6O2/c26-18(23-17-5-8-22-25(17)15-3-1-2-4-15)14-24-11-6-16(7-12-24)27-19-13-20-9-10-21-19/h5,8-10,13,15-16H,1-4,6-7,11-12,14H2,(H,23,26). The Kier molecular flexibility index (Phi) is 5.62. The number of piperidine rings is 1. The van der Waals surface area contributed by atoms with Crippen LogP contribution in [0.2, 0.25) is 0 Å². The summed E-state index contributed by atoms with van der Waals surface area (Å²) in [5, 5.41) is 7.44. The number of hydrogen-bond acceptors (Lipinski definition) is 6. The van der Waals surface area contributed by atoms with E-state index in [-0.39, 0.29) is 12.0 Å². The number of nitrogens with zero attached hydrogens (tertiary/aromatic N) is 5. The van der Waals surface area contributed by atoms with E-state index < -0.39 is 0 Å². The monoisotopic (exact) mass is 370 g/mol. The average molecular weight is 370 g/mol. The molecule has 2 aliphatic rings. The number of hydrogen-bond donors (Lipinski definition) is 1. The molecule has 0 aromatic carbocycles. The van der Waals surface area contributed by atoms with Crippen molar-refractivity contribution < 1.29 is 9.53 Å². The fraction of sp³-hybridized carbons (Fsp3) is 0.579. The molecule has 4 rings (SSSR count). The Labute approximate surface area is 158 Å². The van der Waals surface area contributed by atoms with Crippen molar-refractivity contribution in [3.63, 3.8) is 0 Å². The molecule has 2 fully saturated rings. The van der Waals surface area contributed by atoms with E-state index in [1.54, 1.807) is 24.8 Å². The summed E-state index contributed by atoms with van der Waals surface area (Å²) in [6.07, 6.45) is 13.3. The topological polar surface area (TPSA) is 85.2 Å². The third-order valence-electron chi connectivity index (χ3n) is 5.34. The van der Waals surface area contributed by atoms with Gasteiger partial charge in [-0.3, -0.25) is 14.7 Å². The van der Waals surface area contributed by atoms with Crippen LogP contribution in [0, 0.1) is 0 Å². The van der Waals surface area contributed by atoms with Crippen molar-refractivity contribution in [1.82, 2.24) is 24.6 Å². The van der Waals surface area contributed by atoms with Gasteiger partial charge in [0.05, 0.1) is 25.0 Å². The van der Waals surface area contributed by atoms with Crippen molar-refractivity contribution in [2.45, 2.75) is 50.7 Å². The largest absolute Gasteiger partial charge is 0.473 e. The minimum absolute atomic E-state index is 0.0167. The summed E-state index contributed by atoms with van der Waals surface area (Å²) in [5.74, 6) is 1.39. The predicted octanol–water partition coefficient (Wildman–Crippen LogP) is 2.27. The maximum atomic E-state index is 12.5. The van der Waals surface area contributed by atoms with E-state index in [0.717, 1.165) is 44.6 Å². The predicted molar refractivity (Wildman–Crippen MR) is 100 cm³/mol. The van der Waals surface area contributed by atoms with Crippen molar-refractivity contribution in [3.05, 3.63) is 30.9 Å². The van der Waals surface area contributed by atoms with Crippen LogP contribution in [0.1, 0.15) is 44.6 Å². The first kappa shape index (κ1) is 17.9. The molecule has 3 heterocycles. The number of likely N-dealkylation sites (tertiary alicyclic amines) is 1. The lowest BCUT2D eigenvalue weighted by atomic mass is 10.1. The molecule has 8 heteroatoms. The van der Waals surface area contributed by atoms with Gasteiger partial charge in [0.1, 0.15) is 11.9 Å². The van der Waals surface area contributed by atoms with Crippen LogP contribution in [0.25, 0.3) is 0 Å². The molecule has 8 nitrogen and oxygen atoms in total. The zero-order valence-electron chi connectivity index (χ0n) is 15.5. The van der Waals surface area contributed by atoms with Crippen molar-refractivity contribution in [2.24, 2.45) is 0 Å². The van der Waals surface area contributed by atoms with Crippen molar-refractivity contribution >= 4 is 11.7 Å². The highest BCUT2D eigenvalue weighted by Gasteiger charge is 2.24. The molecule has 0 unspecified atom stereocenters. The fourth-order valence-corrected chi connectivity index (χ4v) is 3.94. The molecular weight excluding hydrogens is 344 g/mol. The third-order valence-corrected chi connectivity index (χ3v) is 5.34. The first-order valence-corrected chi connectivity index (χ1v) is 9.76. The summed E-state index contributed by atoms with van der Waals surface area (Å²) in [6, 6.07) is 2.31. The van der Waals surface area contributed by atoms with Gasteiger partial charge in [0.2, 0.25) is 11.8 Å². The summed E-state index contributed by atoms with van der Waals surface area (Å²) in [7, 11) is 0. The van der Waals surface area contributed by atoms with E-state index in [1.807, 2.05) is 10.7 Å². The summed E-state index contributed by atoms with van der Waals surface area (Å²) in [4.78, 5) is 22.8. The molecule has 1 saturated carbocycles. The zero-order chi connectivity index (χ0) is 18.5. The molecule has 0 bridgehead atoms. The van der Waals surface area contributed by atoms with Crippen LogP contribution >= 0.6 is 0 Å². The quantitative estimate of drug-likeness (QED) is 0.840. The molecule has 1 aliphatic carbocycles. The second-order valence-electron chi connectivity index (χ2n) is 7.28. The minimum Gasteiger partial charge on any atom is -0.473 e. The Morgan fingerprint density at radius 2 is 1.96 bits per heavy atom. The number of anilines is 1. The van der Waals surface area contributed by atoms with Gasteiger partial charge in [-0.2, -0.15) is 5.10 Å². The molecule has 1 saturated heterocycles. The second-order valence-corrected chi connectivity index (χ2v) is 7.28. The van der Waals surface area contributed by atoms with Crippen molar-refractivity contribution in [3.8, 4) is 5.88 Å². The Morgan fingerprint density at radius 1 is 1.15 bits per heavy atom. The first-order valence-electron chi connectivity index (χ1n) is 9.76. The average Bonchev–Trinajstić information content (AvgIpc) is 3.36. The van der Waals surface area contributed by atoms with Crippen LogP contribution in [-0.4, -0.2) is 56.3 Å². The second kappa shape index (κ2) is 8.47. The molecule has 2 aromatic rings. The van der Waals surface area contributed by atoms with Crippen molar-refractivity contribution in [1.29, 1.82) is 0 Å². The number of carbonyl (C=O) groups excluding carboxylic acids is 1. The van der Waals surface area contributed by atoms with Gasteiger partial charge in [-0.15, -0.1) is 0 Å². The normalized spacial score (nSPS) is 19.3. The summed E-state index contributed by atoms with van der Waals surface area (Å²) in [6.45, 7) is 2.06. The van der Waals surface area contributed by atoms with E-state index >= 15 is 0 Å². The number of ether oxygens (including phenoxy) is 1. The Morgan fingerprint density at radius 3 is 2.70 bits per heavy atom. The highest BCUT2D eigenvalue weighted by Crippen LogP contribution is 2.31. The van der Waals surface area contributed by atoms with Gasteiger partial charge in [-0.05, 0) is 25.7 Å². The highest BCUT2D eigenvalue weighted by atomic mass is 16.5. The molecule has 2 aromatic heterocycles. The summed E-state index contributed by atoms with van der Waals surface area (Å²) < 4.78 is 7.83. The Hall–Kier alpha value is -2.48. The molecule has 0 atom stereocenters. The number of aromatic nitrogens is 4. The van der Waals surface area contributed by atoms with Crippen molar-refractivity contribution in [2.75, 3.05) is 25.0 Å². The Bertz CT molecular complexity index is 736. The zero-order valence-corrected chi connectivity index (χ0v) is 15.5. The number of carbonyl (C=O) groups is 1. The van der Waals surface area contributed by atoms with E-state index in [9.17, 15) is 4.79 Å². The maximum absolute atomic E-state index is 12.5. The number of amides is 1. The molecule has 27 heavy (non-hydrogen) atoms. The molecule has 0 spiro atoms. The van der Waals surface area contributed by atoms with Gasteiger partial charge in [0, 0.05) is 31.5 Å². The lowest BCUT2D eigenvalue weighted by Crippen LogP contribution is -2.42. The smallest absolute Gasteiger partial charge is 0.239 e. The fourth-order valence-electron chi connectivity index (χ4n) is 3.94. The lowest BCUT2D eigenvalue weighted by Gasteiger charge is -2.31. The van der Waals surface area contributed by atoms with Crippen LogP contribution in [0.15, 0.2) is 30.9 Å². The molecule has 1 aliphatic heterocycles. The van der Waals surface area contributed by atoms with Gasteiger partial charge >= 0.3 is 0 Å². The van der Waals surface area contributed by atoms with E-state index in [4.69, 9.17) is 4.74 Å².